The minimum Gasteiger partial charge on any atom is -0.480 e. The number of H-pyrrole nitrogens is 1. The number of rotatable bonds is 8. The van der Waals surface area contributed by atoms with Crippen molar-refractivity contribution in [2.75, 3.05) is 0 Å². The first-order chi connectivity index (χ1) is 14.6. The zero-order valence-electron chi connectivity index (χ0n) is 17.4. The Morgan fingerprint density at radius 1 is 1.13 bits per heavy atom. The molecular formula is C22H23N3O5S. The van der Waals surface area contributed by atoms with E-state index in [2.05, 4.69) is 10.1 Å². The number of hydrogen-bond acceptors (Lipinski definition) is 6. The van der Waals surface area contributed by atoms with E-state index in [0.29, 0.717) is 12.1 Å². The molecule has 0 fully saturated rings. The van der Waals surface area contributed by atoms with Gasteiger partial charge in [0.15, 0.2) is 12.4 Å². The number of carbonyl (C=O) groups is 2. The third kappa shape index (κ3) is 5.85. The fourth-order valence-electron chi connectivity index (χ4n) is 2.66. The fourth-order valence-corrected chi connectivity index (χ4v) is 3.61. The highest BCUT2D eigenvalue weighted by atomic mass is 32.2. The molecular weight excluding hydrogens is 418 g/mol. The molecule has 162 valence electrons. The van der Waals surface area contributed by atoms with Crippen molar-refractivity contribution in [1.82, 2.24) is 14.8 Å². The standard InChI is InChI=1S/C22H23N3O5S/c1-14-4-6-15(7-5-14)12-25-21(29)23-18(24-25)13-30-19(26)16-8-10-17(11-9-16)31-22(2,3)20(27)28/h4-11H,12-13H2,1-3H3,(H,27,28)(H,23,24,29). The van der Waals surface area contributed by atoms with Crippen molar-refractivity contribution in [2.24, 2.45) is 0 Å². The largest absolute Gasteiger partial charge is 0.480 e. The van der Waals surface area contributed by atoms with Gasteiger partial charge in [-0.05, 0) is 50.6 Å². The van der Waals surface area contributed by atoms with Gasteiger partial charge in [-0.25, -0.2) is 14.3 Å². The molecule has 0 saturated heterocycles. The summed E-state index contributed by atoms with van der Waals surface area (Å²) in [7, 11) is 0. The Morgan fingerprint density at radius 2 is 1.77 bits per heavy atom. The minimum atomic E-state index is -0.981. The summed E-state index contributed by atoms with van der Waals surface area (Å²) >= 11 is 1.19. The van der Waals surface area contributed by atoms with E-state index in [0.717, 1.165) is 16.0 Å². The second-order valence-corrected chi connectivity index (χ2v) is 9.23. The Hall–Kier alpha value is -3.33. The van der Waals surface area contributed by atoms with Gasteiger partial charge in [0.05, 0.1) is 12.1 Å². The van der Waals surface area contributed by atoms with Gasteiger partial charge >= 0.3 is 17.6 Å². The first-order valence-electron chi connectivity index (χ1n) is 9.55. The Bertz CT molecular complexity index is 1130. The number of ether oxygens (including phenoxy) is 1. The Balaban J connectivity index is 1.59. The smallest absolute Gasteiger partial charge is 0.343 e. The predicted octanol–water partition coefficient (Wildman–Crippen LogP) is 3.24. The van der Waals surface area contributed by atoms with E-state index in [-0.39, 0.29) is 18.1 Å². The van der Waals surface area contributed by atoms with Crippen LogP contribution in [0.5, 0.6) is 0 Å². The molecule has 3 aromatic rings. The fraction of sp³-hybridized carbons (Fsp3) is 0.273. The van der Waals surface area contributed by atoms with Crippen LogP contribution in [0.15, 0.2) is 58.2 Å². The van der Waals surface area contributed by atoms with Gasteiger partial charge in [-0.15, -0.1) is 11.8 Å². The number of aryl methyl sites for hydroxylation is 1. The second kappa shape index (κ2) is 9.22. The number of aromatic amines is 1. The quantitative estimate of drug-likeness (QED) is 0.407. The number of nitrogens with one attached hydrogen (secondary N) is 1. The number of thioether (sulfide) groups is 1. The molecule has 8 nitrogen and oxygen atoms in total. The number of aliphatic carboxylic acids is 1. The lowest BCUT2D eigenvalue weighted by atomic mass is 10.1. The first-order valence-corrected chi connectivity index (χ1v) is 10.4. The third-order valence-corrected chi connectivity index (χ3v) is 5.69. The molecule has 0 aliphatic rings. The van der Waals surface area contributed by atoms with E-state index >= 15 is 0 Å². The maximum Gasteiger partial charge on any atom is 0.343 e. The lowest BCUT2D eigenvalue weighted by Gasteiger charge is -2.18. The van der Waals surface area contributed by atoms with E-state index in [9.17, 15) is 19.5 Å². The number of aromatic nitrogens is 3. The monoisotopic (exact) mass is 441 g/mol. The van der Waals surface area contributed by atoms with Gasteiger partial charge in [0.25, 0.3) is 0 Å². The van der Waals surface area contributed by atoms with E-state index < -0.39 is 16.7 Å². The van der Waals surface area contributed by atoms with Crippen LogP contribution < -0.4 is 5.69 Å². The number of carbonyl (C=O) groups excluding carboxylic acids is 1. The van der Waals surface area contributed by atoms with Crippen LogP contribution in [-0.4, -0.2) is 36.6 Å². The number of benzene rings is 2. The van der Waals surface area contributed by atoms with E-state index in [4.69, 9.17) is 4.74 Å². The molecule has 2 N–H and O–H groups in total. The average Bonchev–Trinajstić information content (AvgIpc) is 3.07. The number of carboxylic acid groups (broad SMARTS) is 1. The summed E-state index contributed by atoms with van der Waals surface area (Å²) in [5.74, 6) is -1.24. The summed E-state index contributed by atoms with van der Waals surface area (Å²) in [6.45, 7) is 5.36. The second-order valence-electron chi connectivity index (χ2n) is 7.54. The normalized spacial score (nSPS) is 11.3. The van der Waals surface area contributed by atoms with Gasteiger partial charge in [0, 0.05) is 4.90 Å². The van der Waals surface area contributed by atoms with Crippen LogP contribution in [-0.2, 0) is 22.7 Å². The molecule has 0 bridgehead atoms. The molecule has 1 aromatic heterocycles. The van der Waals surface area contributed by atoms with Crippen LogP contribution in [0.25, 0.3) is 0 Å². The molecule has 0 amide bonds. The highest BCUT2D eigenvalue weighted by Crippen LogP contribution is 2.32. The van der Waals surface area contributed by atoms with Crippen molar-refractivity contribution in [1.29, 1.82) is 0 Å². The van der Waals surface area contributed by atoms with Crippen LogP contribution in [0.4, 0.5) is 0 Å². The van der Waals surface area contributed by atoms with E-state index in [1.165, 1.54) is 16.4 Å². The molecule has 1 heterocycles. The predicted molar refractivity (Wildman–Crippen MR) is 116 cm³/mol. The summed E-state index contributed by atoms with van der Waals surface area (Å²) in [4.78, 5) is 38.9. The summed E-state index contributed by atoms with van der Waals surface area (Å²) in [5, 5.41) is 13.4. The van der Waals surface area contributed by atoms with Crippen LogP contribution in [0.2, 0.25) is 0 Å². The number of carboxylic acids is 1. The van der Waals surface area contributed by atoms with Crippen molar-refractivity contribution in [2.45, 2.75) is 43.6 Å². The molecule has 9 heteroatoms. The van der Waals surface area contributed by atoms with Crippen LogP contribution >= 0.6 is 11.8 Å². The summed E-state index contributed by atoms with van der Waals surface area (Å²) in [6, 6.07) is 14.3. The summed E-state index contributed by atoms with van der Waals surface area (Å²) in [6.07, 6.45) is 0. The molecule has 0 saturated carbocycles. The highest BCUT2D eigenvalue weighted by Gasteiger charge is 2.28. The zero-order chi connectivity index (χ0) is 22.6. The molecule has 0 atom stereocenters. The maximum atomic E-state index is 12.3. The topological polar surface area (TPSA) is 114 Å². The molecule has 0 aliphatic carbocycles. The molecule has 0 spiro atoms. The number of esters is 1. The SMILES string of the molecule is Cc1ccc(Cn2nc(COC(=O)c3ccc(SC(C)(C)C(=O)O)cc3)[nH]c2=O)cc1. The van der Waals surface area contributed by atoms with E-state index in [1.54, 1.807) is 38.1 Å². The van der Waals surface area contributed by atoms with E-state index in [1.807, 2.05) is 31.2 Å². The van der Waals surface area contributed by atoms with Gasteiger partial charge < -0.3 is 9.84 Å². The Labute approximate surface area is 183 Å². The molecule has 0 aliphatic heterocycles. The summed E-state index contributed by atoms with van der Waals surface area (Å²) in [5.41, 5.74) is 2.00. The number of hydrogen-bond donors (Lipinski definition) is 2. The van der Waals surface area contributed by atoms with Crippen LogP contribution in [0.3, 0.4) is 0 Å². The van der Waals surface area contributed by atoms with Crippen LogP contribution in [0.1, 0.15) is 41.2 Å². The van der Waals surface area contributed by atoms with Crippen molar-refractivity contribution >= 4 is 23.7 Å². The van der Waals surface area contributed by atoms with Crippen LogP contribution in [0, 0.1) is 6.92 Å². The highest BCUT2D eigenvalue weighted by molar-refractivity contribution is 8.01. The van der Waals surface area contributed by atoms with Gasteiger partial charge in [-0.2, -0.15) is 5.10 Å². The molecule has 3 rings (SSSR count). The van der Waals surface area contributed by atoms with Crippen molar-refractivity contribution in [3.05, 3.63) is 81.5 Å². The molecule has 2 aromatic carbocycles. The molecule has 0 radical (unpaired) electrons. The molecule has 31 heavy (non-hydrogen) atoms. The zero-order valence-corrected chi connectivity index (χ0v) is 18.2. The van der Waals surface area contributed by atoms with Gasteiger partial charge in [0.2, 0.25) is 0 Å². The third-order valence-electron chi connectivity index (χ3n) is 4.50. The van der Waals surface area contributed by atoms with Gasteiger partial charge in [-0.3, -0.25) is 9.78 Å². The average molecular weight is 442 g/mol. The van der Waals surface area contributed by atoms with Gasteiger partial charge in [0.1, 0.15) is 4.75 Å². The van der Waals surface area contributed by atoms with Crippen molar-refractivity contribution < 1.29 is 19.4 Å². The van der Waals surface area contributed by atoms with Gasteiger partial charge in [-0.1, -0.05) is 29.8 Å². The number of nitrogens with zero attached hydrogens (tertiary/aromatic N) is 2. The first kappa shape index (κ1) is 22.4. The Morgan fingerprint density at radius 3 is 2.39 bits per heavy atom. The summed E-state index contributed by atoms with van der Waals surface area (Å²) < 4.78 is 5.54. The van der Waals surface area contributed by atoms with Crippen molar-refractivity contribution in [3.8, 4) is 0 Å². The lowest BCUT2D eigenvalue weighted by Crippen LogP contribution is -2.26. The minimum absolute atomic E-state index is 0.169. The molecule has 0 unspecified atom stereocenters. The maximum absolute atomic E-state index is 12.3. The Kier molecular flexibility index (Phi) is 6.65. The van der Waals surface area contributed by atoms with Crippen molar-refractivity contribution in [3.63, 3.8) is 0 Å². The lowest BCUT2D eigenvalue weighted by molar-refractivity contribution is -0.138.